The maximum atomic E-state index is 12.2. The molecule has 3 N–H and O–H groups in total. The predicted octanol–water partition coefficient (Wildman–Crippen LogP) is 3.45. The average molecular weight is 329 g/mol. The Morgan fingerprint density at radius 3 is 2.70 bits per heavy atom. The molecule has 0 atom stereocenters. The highest BCUT2D eigenvalue weighted by Gasteiger charge is 2.10. The molecule has 0 aliphatic heterocycles. The monoisotopic (exact) mass is 328 g/mol. The summed E-state index contributed by atoms with van der Waals surface area (Å²) in [5.41, 5.74) is 2.22. The van der Waals surface area contributed by atoms with Gasteiger partial charge in [0.1, 0.15) is 0 Å². The van der Waals surface area contributed by atoms with Crippen LogP contribution < -0.4 is 5.32 Å². The van der Waals surface area contributed by atoms with Gasteiger partial charge in [-0.25, -0.2) is 4.79 Å². The van der Waals surface area contributed by atoms with E-state index < -0.39 is 5.97 Å². The molecular weight excluding hydrogens is 316 g/mol. The third kappa shape index (κ3) is 3.19. The number of carboxylic acids is 1. The fourth-order valence-corrected chi connectivity index (χ4v) is 2.60. The van der Waals surface area contributed by atoms with E-state index >= 15 is 0 Å². The Kier molecular flexibility index (Phi) is 4.04. The summed E-state index contributed by atoms with van der Waals surface area (Å²) in [7, 11) is 0. The number of hydrogen-bond donors (Lipinski definition) is 3. The molecule has 0 saturated carbocycles. The molecule has 116 valence electrons. The summed E-state index contributed by atoms with van der Waals surface area (Å²) >= 11 is 5.91. The zero-order chi connectivity index (χ0) is 16.4. The van der Waals surface area contributed by atoms with Gasteiger partial charge in [-0.1, -0.05) is 23.7 Å². The highest BCUT2D eigenvalue weighted by molar-refractivity contribution is 6.33. The number of carboxylic acid groups (broad SMARTS) is 1. The van der Waals surface area contributed by atoms with Gasteiger partial charge < -0.3 is 15.4 Å². The van der Waals surface area contributed by atoms with E-state index in [1.165, 1.54) is 6.07 Å². The third-order valence-corrected chi connectivity index (χ3v) is 3.85. The zero-order valence-corrected chi connectivity index (χ0v) is 12.7. The van der Waals surface area contributed by atoms with Gasteiger partial charge in [0.25, 0.3) is 5.91 Å². The molecule has 2 aromatic carbocycles. The number of H-pyrrole nitrogens is 1. The summed E-state index contributed by atoms with van der Waals surface area (Å²) in [6.45, 7) is 0.265. The summed E-state index contributed by atoms with van der Waals surface area (Å²) < 4.78 is 0. The number of fused-ring (bicyclic) bond motifs is 1. The molecule has 0 aliphatic rings. The molecule has 3 aromatic rings. The van der Waals surface area contributed by atoms with Crippen LogP contribution in [-0.2, 0) is 6.54 Å². The van der Waals surface area contributed by atoms with E-state index in [1.807, 2.05) is 18.3 Å². The minimum absolute atomic E-state index is 0.0407. The Hall–Kier alpha value is -2.79. The van der Waals surface area contributed by atoms with Crippen LogP contribution in [0, 0.1) is 0 Å². The van der Waals surface area contributed by atoms with E-state index in [0.717, 1.165) is 16.5 Å². The number of carbonyl (C=O) groups excluding carboxylic acids is 1. The normalized spacial score (nSPS) is 10.7. The van der Waals surface area contributed by atoms with Crippen molar-refractivity contribution in [2.75, 3.05) is 0 Å². The number of aromatic amines is 1. The lowest BCUT2D eigenvalue weighted by molar-refractivity contribution is 0.0696. The van der Waals surface area contributed by atoms with E-state index in [2.05, 4.69) is 10.3 Å². The second-order valence-corrected chi connectivity index (χ2v) is 5.49. The molecule has 23 heavy (non-hydrogen) atoms. The van der Waals surface area contributed by atoms with Crippen LogP contribution in [0.15, 0.2) is 48.7 Å². The van der Waals surface area contributed by atoms with Gasteiger partial charge in [0.05, 0.1) is 10.6 Å². The fourth-order valence-electron chi connectivity index (χ4n) is 2.32. The molecule has 6 heteroatoms. The molecule has 1 amide bonds. The molecule has 0 aliphatic carbocycles. The number of aromatic nitrogens is 1. The lowest BCUT2D eigenvalue weighted by atomic mass is 10.1. The van der Waals surface area contributed by atoms with Crippen LogP contribution in [0.25, 0.3) is 10.9 Å². The smallest absolute Gasteiger partial charge is 0.337 e. The van der Waals surface area contributed by atoms with Crippen LogP contribution in [-0.4, -0.2) is 22.0 Å². The first-order chi connectivity index (χ1) is 11.0. The molecule has 0 spiro atoms. The zero-order valence-electron chi connectivity index (χ0n) is 12.0. The van der Waals surface area contributed by atoms with Gasteiger partial charge in [-0.15, -0.1) is 0 Å². The van der Waals surface area contributed by atoms with Crippen LogP contribution in [0.2, 0.25) is 5.02 Å². The maximum absolute atomic E-state index is 12.2. The largest absolute Gasteiger partial charge is 0.478 e. The van der Waals surface area contributed by atoms with Gasteiger partial charge in [-0.3, -0.25) is 4.79 Å². The summed E-state index contributed by atoms with van der Waals surface area (Å²) in [6, 6.07) is 11.9. The number of aromatic carboxylic acids is 1. The van der Waals surface area contributed by atoms with Crippen molar-refractivity contribution in [3.8, 4) is 0 Å². The SMILES string of the molecule is O=C(NCc1ccc(C(=O)O)c(Cl)c1)c1ccc2cc[nH]c2c1. The van der Waals surface area contributed by atoms with Crippen LogP contribution >= 0.6 is 11.6 Å². The van der Waals surface area contributed by atoms with Crippen LogP contribution in [0.3, 0.4) is 0 Å². The summed E-state index contributed by atoms with van der Waals surface area (Å²) in [6.07, 6.45) is 1.82. The Bertz CT molecular complexity index is 902. The summed E-state index contributed by atoms with van der Waals surface area (Å²) in [4.78, 5) is 26.2. The average Bonchev–Trinajstić information content (AvgIpc) is 2.99. The number of nitrogens with one attached hydrogen (secondary N) is 2. The van der Waals surface area contributed by atoms with Gasteiger partial charge in [-0.2, -0.15) is 0 Å². The van der Waals surface area contributed by atoms with E-state index in [-0.39, 0.29) is 23.0 Å². The maximum Gasteiger partial charge on any atom is 0.337 e. The Morgan fingerprint density at radius 2 is 1.96 bits per heavy atom. The molecule has 0 radical (unpaired) electrons. The summed E-state index contributed by atoms with van der Waals surface area (Å²) in [5.74, 6) is -1.29. The predicted molar refractivity (Wildman–Crippen MR) is 87.9 cm³/mol. The molecule has 0 unspecified atom stereocenters. The lowest BCUT2D eigenvalue weighted by Gasteiger charge is -2.07. The van der Waals surface area contributed by atoms with Crippen LogP contribution in [0.5, 0.6) is 0 Å². The van der Waals surface area contributed by atoms with Crippen molar-refractivity contribution in [1.82, 2.24) is 10.3 Å². The molecule has 1 heterocycles. The molecular formula is C17H13ClN2O3. The molecule has 0 saturated heterocycles. The van der Waals surface area contributed by atoms with Crippen molar-refractivity contribution in [1.29, 1.82) is 0 Å². The topological polar surface area (TPSA) is 82.2 Å². The second kappa shape index (κ2) is 6.14. The van der Waals surface area contributed by atoms with E-state index in [9.17, 15) is 9.59 Å². The summed E-state index contributed by atoms with van der Waals surface area (Å²) in [5, 5.41) is 12.9. The first-order valence-electron chi connectivity index (χ1n) is 6.91. The van der Waals surface area contributed by atoms with Crippen molar-refractivity contribution in [3.63, 3.8) is 0 Å². The number of rotatable bonds is 4. The van der Waals surface area contributed by atoms with Crippen molar-refractivity contribution in [2.45, 2.75) is 6.54 Å². The molecule has 1 aromatic heterocycles. The van der Waals surface area contributed by atoms with Gasteiger partial charge in [0.2, 0.25) is 0 Å². The number of hydrogen-bond acceptors (Lipinski definition) is 2. The second-order valence-electron chi connectivity index (χ2n) is 5.08. The number of benzene rings is 2. The van der Waals surface area contributed by atoms with Crippen molar-refractivity contribution < 1.29 is 14.7 Å². The first kappa shape index (κ1) is 15.1. The lowest BCUT2D eigenvalue weighted by Crippen LogP contribution is -2.22. The third-order valence-electron chi connectivity index (χ3n) is 3.53. The highest BCUT2D eigenvalue weighted by Crippen LogP contribution is 2.18. The number of carbonyl (C=O) groups is 2. The molecule has 5 nitrogen and oxygen atoms in total. The number of halogens is 1. The molecule has 0 bridgehead atoms. The molecule has 0 fully saturated rings. The fraction of sp³-hybridized carbons (Fsp3) is 0.0588. The van der Waals surface area contributed by atoms with Gasteiger partial charge in [0.15, 0.2) is 0 Å². The van der Waals surface area contributed by atoms with Gasteiger partial charge >= 0.3 is 5.97 Å². The quantitative estimate of drug-likeness (QED) is 0.686. The van der Waals surface area contributed by atoms with E-state index in [1.54, 1.807) is 24.3 Å². The van der Waals surface area contributed by atoms with E-state index in [4.69, 9.17) is 16.7 Å². The minimum atomic E-state index is -1.08. The Labute approximate surface area is 136 Å². The Morgan fingerprint density at radius 1 is 1.13 bits per heavy atom. The van der Waals surface area contributed by atoms with Crippen molar-refractivity contribution in [3.05, 3.63) is 70.4 Å². The van der Waals surface area contributed by atoms with Crippen LogP contribution in [0.4, 0.5) is 0 Å². The minimum Gasteiger partial charge on any atom is -0.478 e. The van der Waals surface area contributed by atoms with Gasteiger partial charge in [0, 0.05) is 23.8 Å². The Balaban J connectivity index is 1.71. The van der Waals surface area contributed by atoms with Crippen molar-refractivity contribution >= 4 is 34.4 Å². The van der Waals surface area contributed by atoms with E-state index in [0.29, 0.717) is 5.56 Å². The standard InChI is InChI=1S/C17H13ClN2O3/c18-14-7-10(1-4-13(14)17(22)23)9-20-16(21)12-3-2-11-5-6-19-15(11)8-12/h1-8,19H,9H2,(H,20,21)(H,22,23). The highest BCUT2D eigenvalue weighted by atomic mass is 35.5. The van der Waals surface area contributed by atoms with Gasteiger partial charge in [-0.05, 0) is 41.3 Å². The van der Waals surface area contributed by atoms with Crippen LogP contribution in [0.1, 0.15) is 26.3 Å². The molecule has 3 rings (SSSR count). The van der Waals surface area contributed by atoms with Crippen molar-refractivity contribution in [2.24, 2.45) is 0 Å². The first-order valence-corrected chi connectivity index (χ1v) is 7.29. The number of amides is 1.